The normalized spacial score (nSPS) is 14.6. The fourth-order valence-corrected chi connectivity index (χ4v) is 3.40. The van der Waals surface area contributed by atoms with Gasteiger partial charge in [-0.15, -0.1) is 0 Å². The number of hydrogen-bond donors (Lipinski definition) is 1. The number of benzene rings is 1. The van der Waals surface area contributed by atoms with Gasteiger partial charge in [-0.25, -0.2) is 4.79 Å². The van der Waals surface area contributed by atoms with Gasteiger partial charge >= 0.3 is 5.97 Å². The molecule has 0 aliphatic heterocycles. The molecule has 0 radical (unpaired) electrons. The third-order valence-corrected chi connectivity index (χ3v) is 5.23. The number of carbonyl (C=O) groups excluding carboxylic acids is 3. The molecular weight excluding hydrogens is 368 g/mol. The molecule has 1 N–H and O–H groups in total. The van der Waals surface area contributed by atoms with Gasteiger partial charge in [0.2, 0.25) is 11.7 Å². The van der Waals surface area contributed by atoms with E-state index in [0.717, 1.165) is 24.2 Å². The van der Waals surface area contributed by atoms with Crippen LogP contribution in [0.1, 0.15) is 71.8 Å². The summed E-state index contributed by atoms with van der Waals surface area (Å²) in [4.78, 5) is 37.0. The minimum absolute atomic E-state index is 0.0878. The zero-order valence-electron chi connectivity index (χ0n) is 17.6. The molecular formula is C23H28N2O4. The summed E-state index contributed by atoms with van der Waals surface area (Å²) >= 11 is 0. The van der Waals surface area contributed by atoms with Gasteiger partial charge in [0.25, 0.3) is 0 Å². The second kappa shape index (κ2) is 8.23. The highest BCUT2D eigenvalue weighted by Crippen LogP contribution is 2.38. The zero-order chi connectivity index (χ0) is 21.3. The number of Topliss-reactive ketones (excluding diaryl/α,β-unsaturated/α-hetero) is 1. The second-order valence-corrected chi connectivity index (χ2v) is 8.02. The number of esters is 1. The summed E-state index contributed by atoms with van der Waals surface area (Å²) in [6, 6.07) is 8.91. The Hall–Kier alpha value is -2.89. The highest BCUT2D eigenvalue weighted by molar-refractivity contribution is 6.02. The maximum Gasteiger partial charge on any atom is 0.340 e. The molecule has 0 unspecified atom stereocenters. The smallest absolute Gasteiger partial charge is 0.340 e. The van der Waals surface area contributed by atoms with Crippen LogP contribution in [0.5, 0.6) is 0 Å². The van der Waals surface area contributed by atoms with Crippen LogP contribution >= 0.6 is 0 Å². The number of aryl methyl sites for hydroxylation is 1. The van der Waals surface area contributed by atoms with Crippen molar-refractivity contribution in [1.29, 1.82) is 0 Å². The van der Waals surface area contributed by atoms with Crippen LogP contribution in [0.3, 0.4) is 0 Å². The number of ether oxygens (including phenoxy) is 1. The van der Waals surface area contributed by atoms with Crippen molar-refractivity contribution in [3.63, 3.8) is 0 Å². The minimum atomic E-state index is -0.900. The standard InChI is InChI=1S/C23H28N2O4/c1-13(2)22(27)24-18-8-6-17(7-9-18)21(26)16(5)29-23(28)20-12-14(3)25(15(20)4)19-10-11-19/h6-9,12-13,16,19H,10-11H2,1-5H3,(H,24,27)/t16-/m1/s1. The quantitative estimate of drug-likeness (QED) is 0.554. The van der Waals surface area contributed by atoms with Crippen molar-refractivity contribution in [2.75, 3.05) is 5.32 Å². The predicted octanol–water partition coefficient (Wildman–Crippen LogP) is 4.46. The van der Waals surface area contributed by atoms with E-state index in [1.165, 1.54) is 0 Å². The highest BCUT2D eigenvalue weighted by atomic mass is 16.5. The van der Waals surface area contributed by atoms with Crippen LogP contribution in [-0.4, -0.2) is 28.3 Å². The Bertz CT molecular complexity index is 937. The van der Waals surface area contributed by atoms with Crippen molar-refractivity contribution >= 4 is 23.3 Å². The minimum Gasteiger partial charge on any atom is -0.451 e. The van der Waals surface area contributed by atoms with Crippen LogP contribution in [0.15, 0.2) is 30.3 Å². The fraction of sp³-hybridized carbons (Fsp3) is 0.435. The first kappa shape index (κ1) is 20.8. The molecule has 3 rings (SSSR count). The lowest BCUT2D eigenvalue weighted by Gasteiger charge is -2.13. The second-order valence-electron chi connectivity index (χ2n) is 8.02. The van der Waals surface area contributed by atoms with Crippen molar-refractivity contribution in [1.82, 2.24) is 4.57 Å². The summed E-state index contributed by atoms with van der Waals surface area (Å²) in [5, 5.41) is 2.78. The number of nitrogens with zero attached hydrogens (tertiary/aromatic N) is 1. The number of anilines is 1. The van der Waals surface area contributed by atoms with E-state index in [2.05, 4.69) is 9.88 Å². The zero-order valence-corrected chi connectivity index (χ0v) is 17.6. The summed E-state index contributed by atoms with van der Waals surface area (Å²) in [6.07, 6.45) is 1.36. The van der Waals surface area contributed by atoms with E-state index in [0.29, 0.717) is 22.9 Å². The Kier molecular flexibility index (Phi) is 5.91. The molecule has 1 aromatic heterocycles. The maximum atomic E-state index is 12.7. The maximum absolute atomic E-state index is 12.7. The van der Waals surface area contributed by atoms with Crippen molar-refractivity contribution in [2.45, 2.75) is 59.6 Å². The third-order valence-electron chi connectivity index (χ3n) is 5.23. The highest BCUT2D eigenvalue weighted by Gasteiger charge is 2.29. The lowest BCUT2D eigenvalue weighted by Crippen LogP contribution is -2.24. The summed E-state index contributed by atoms with van der Waals surface area (Å²) in [6.45, 7) is 9.10. The Labute approximate surface area is 171 Å². The Balaban J connectivity index is 1.65. The predicted molar refractivity (Wildman–Crippen MR) is 111 cm³/mol. The van der Waals surface area contributed by atoms with Gasteiger partial charge in [0.1, 0.15) is 0 Å². The molecule has 2 aromatic rings. The molecule has 1 aliphatic carbocycles. The number of nitrogens with one attached hydrogen (secondary N) is 1. The van der Waals surface area contributed by atoms with Gasteiger partial charge in [0.15, 0.2) is 6.10 Å². The van der Waals surface area contributed by atoms with Crippen molar-refractivity contribution in [3.05, 3.63) is 52.8 Å². The van der Waals surface area contributed by atoms with E-state index in [-0.39, 0.29) is 17.6 Å². The molecule has 1 aliphatic rings. The van der Waals surface area contributed by atoms with E-state index < -0.39 is 12.1 Å². The molecule has 0 bridgehead atoms. The SMILES string of the molecule is Cc1cc(C(=O)O[C@H](C)C(=O)c2ccc(NC(=O)C(C)C)cc2)c(C)n1C1CC1. The van der Waals surface area contributed by atoms with Crippen LogP contribution < -0.4 is 5.32 Å². The number of carbonyl (C=O) groups is 3. The van der Waals surface area contributed by atoms with Crippen LogP contribution in [0.4, 0.5) is 5.69 Å². The van der Waals surface area contributed by atoms with Crippen molar-refractivity contribution < 1.29 is 19.1 Å². The largest absolute Gasteiger partial charge is 0.451 e. The third kappa shape index (κ3) is 4.58. The molecule has 0 saturated heterocycles. The van der Waals surface area contributed by atoms with Gasteiger partial charge < -0.3 is 14.6 Å². The Morgan fingerprint density at radius 3 is 2.24 bits per heavy atom. The molecule has 1 aromatic carbocycles. The fourth-order valence-electron chi connectivity index (χ4n) is 3.40. The summed E-state index contributed by atoms with van der Waals surface area (Å²) in [5.41, 5.74) is 3.49. The molecule has 1 saturated carbocycles. The molecule has 1 heterocycles. The van der Waals surface area contributed by atoms with Crippen LogP contribution in [-0.2, 0) is 9.53 Å². The first-order valence-corrected chi connectivity index (χ1v) is 10.0. The molecule has 6 nitrogen and oxygen atoms in total. The van der Waals surface area contributed by atoms with Crippen LogP contribution in [0.25, 0.3) is 0 Å². The van der Waals surface area contributed by atoms with Gasteiger partial charge in [-0.1, -0.05) is 13.8 Å². The Morgan fingerprint density at radius 1 is 1.07 bits per heavy atom. The first-order valence-electron chi connectivity index (χ1n) is 10.0. The molecule has 6 heteroatoms. The average molecular weight is 396 g/mol. The molecule has 1 amide bonds. The van der Waals surface area contributed by atoms with Crippen molar-refractivity contribution in [2.24, 2.45) is 5.92 Å². The van der Waals surface area contributed by atoms with E-state index in [4.69, 9.17) is 4.74 Å². The Morgan fingerprint density at radius 2 is 1.69 bits per heavy atom. The van der Waals surface area contributed by atoms with E-state index >= 15 is 0 Å². The van der Waals surface area contributed by atoms with Gasteiger partial charge in [-0.05, 0) is 63.9 Å². The molecule has 1 fully saturated rings. The monoisotopic (exact) mass is 396 g/mol. The van der Waals surface area contributed by atoms with Gasteiger partial charge in [0.05, 0.1) is 5.56 Å². The van der Waals surface area contributed by atoms with E-state index in [9.17, 15) is 14.4 Å². The topological polar surface area (TPSA) is 77.4 Å². The molecule has 154 valence electrons. The number of rotatable bonds is 7. The lowest BCUT2D eigenvalue weighted by atomic mass is 10.1. The summed E-state index contributed by atoms with van der Waals surface area (Å²) in [7, 11) is 0. The van der Waals surface area contributed by atoms with Crippen molar-refractivity contribution in [3.8, 4) is 0 Å². The number of hydrogen-bond acceptors (Lipinski definition) is 4. The average Bonchev–Trinajstić information content (AvgIpc) is 3.46. The number of amides is 1. The van der Waals surface area contributed by atoms with Gasteiger partial charge in [-0.3, -0.25) is 9.59 Å². The molecule has 1 atom stereocenters. The molecule has 0 spiro atoms. The van der Waals surface area contributed by atoms with Gasteiger partial charge in [-0.2, -0.15) is 0 Å². The number of aromatic nitrogens is 1. The van der Waals surface area contributed by atoms with Gasteiger partial charge in [0, 0.05) is 34.6 Å². The first-order chi connectivity index (χ1) is 13.7. The van der Waals surface area contributed by atoms with Crippen LogP contribution in [0, 0.1) is 19.8 Å². The van der Waals surface area contributed by atoms with E-state index in [1.54, 1.807) is 31.2 Å². The lowest BCUT2D eigenvalue weighted by molar-refractivity contribution is -0.118. The van der Waals surface area contributed by atoms with E-state index in [1.807, 2.05) is 33.8 Å². The summed E-state index contributed by atoms with van der Waals surface area (Å²) in [5.74, 6) is -0.976. The summed E-state index contributed by atoms with van der Waals surface area (Å²) < 4.78 is 7.63. The number of ketones is 1. The van der Waals surface area contributed by atoms with Crippen LogP contribution in [0.2, 0.25) is 0 Å². The molecule has 29 heavy (non-hydrogen) atoms.